The molecule has 0 bridgehead atoms. The molecule has 0 amide bonds. The number of hydrogen-bond donors (Lipinski definition) is 1. The van der Waals surface area contributed by atoms with Gasteiger partial charge in [0.25, 0.3) is 0 Å². The van der Waals surface area contributed by atoms with Crippen LogP contribution in [-0.2, 0) is 0 Å². The van der Waals surface area contributed by atoms with E-state index in [1.807, 2.05) is 0 Å². The third kappa shape index (κ3) is 4.56. The summed E-state index contributed by atoms with van der Waals surface area (Å²) in [5, 5.41) is 3.34. The Morgan fingerprint density at radius 2 is 2.12 bits per heavy atom. The topological polar surface area (TPSA) is 50.3 Å². The Bertz CT molecular complexity index is 341. The maximum absolute atomic E-state index is 5.08. The van der Waals surface area contributed by atoms with Crippen molar-refractivity contribution < 1.29 is 4.74 Å². The molecular formula is C12H22N4O. The Morgan fingerprint density at radius 1 is 1.41 bits per heavy atom. The largest absolute Gasteiger partial charge is 0.481 e. The fourth-order valence-corrected chi connectivity index (χ4v) is 1.51. The Kier molecular flexibility index (Phi) is 5.15. The van der Waals surface area contributed by atoms with Crippen LogP contribution >= 0.6 is 0 Å². The summed E-state index contributed by atoms with van der Waals surface area (Å²) < 4.78 is 5.08. The molecule has 1 heterocycles. The minimum absolute atomic E-state index is 0.317. The fraction of sp³-hybridized carbons (Fsp3) is 0.667. The average Bonchev–Trinajstić information content (AvgIpc) is 2.27. The number of rotatable bonds is 6. The highest BCUT2D eigenvalue weighted by molar-refractivity contribution is 5.29. The van der Waals surface area contributed by atoms with Crippen LogP contribution in [-0.4, -0.2) is 48.7 Å². The standard InChI is InChI=1S/C12H22N4O/c1-9(2)10(8-16(3)4)14-12-13-7-6-11(15-12)17-5/h6-7,9-10H,8H2,1-5H3,(H,13,14,15). The molecule has 0 aliphatic rings. The maximum Gasteiger partial charge on any atom is 0.226 e. The third-order valence-corrected chi connectivity index (χ3v) is 2.52. The first-order valence-corrected chi connectivity index (χ1v) is 5.81. The normalized spacial score (nSPS) is 12.9. The van der Waals surface area contributed by atoms with Crippen LogP contribution in [0.2, 0.25) is 0 Å². The number of ether oxygens (including phenoxy) is 1. The number of nitrogens with one attached hydrogen (secondary N) is 1. The molecule has 0 aliphatic carbocycles. The van der Waals surface area contributed by atoms with Crippen molar-refractivity contribution in [3.05, 3.63) is 12.3 Å². The van der Waals surface area contributed by atoms with Crippen LogP contribution in [0.5, 0.6) is 5.88 Å². The van der Waals surface area contributed by atoms with Gasteiger partial charge in [0, 0.05) is 24.8 Å². The molecule has 1 unspecified atom stereocenters. The van der Waals surface area contributed by atoms with Crippen LogP contribution < -0.4 is 10.1 Å². The molecule has 1 aromatic heterocycles. The van der Waals surface area contributed by atoms with Crippen molar-refractivity contribution in [1.82, 2.24) is 14.9 Å². The van der Waals surface area contributed by atoms with Gasteiger partial charge in [-0.25, -0.2) is 4.98 Å². The highest BCUT2D eigenvalue weighted by Crippen LogP contribution is 2.12. The first kappa shape index (κ1) is 13.7. The summed E-state index contributed by atoms with van der Waals surface area (Å²) in [6, 6.07) is 2.05. The quantitative estimate of drug-likeness (QED) is 0.813. The second-order valence-electron chi connectivity index (χ2n) is 4.68. The first-order valence-electron chi connectivity index (χ1n) is 5.81. The molecular weight excluding hydrogens is 216 g/mol. The van der Waals surface area contributed by atoms with Gasteiger partial charge in [0.15, 0.2) is 0 Å². The van der Waals surface area contributed by atoms with E-state index in [9.17, 15) is 0 Å². The Morgan fingerprint density at radius 3 is 2.65 bits per heavy atom. The van der Waals surface area contributed by atoms with Gasteiger partial charge in [-0.2, -0.15) is 4.98 Å². The van der Waals surface area contributed by atoms with E-state index in [-0.39, 0.29) is 0 Å². The molecule has 96 valence electrons. The van der Waals surface area contributed by atoms with Crippen molar-refractivity contribution in [1.29, 1.82) is 0 Å². The number of likely N-dealkylation sites (N-methyl/N-ethyl adjacent to an activating group) is 1. The predicted octanol–water partition coefficient (Wildman–Crippen LogP) is 1.48. The molecule has 1 rings (SSSR count). The molecule has 5 nitrogen and oxygen atoms in total. The minimum atomic E-state index is 0.317. The highest BCUT2D eigenvalue weighted by atomic mass is 16.5. The molecule has 1 N–H and O–H groups in total. The van der Waals surface area contributed by atoms with Gasteiger partial charge in [0.2, 0.25) is 11.8 Å². The molecule has 0 spiro atoms. The van der Waals surface area contributed by atoms with Crippen LogP contribution in [0.25, 0.3) is 0 Å². The van der Waals surface area contributed by atoms with Crippen LogP contribution in [0.3, 0.4) is 0 Å². The van der Waals surface area contributed by atoms with Crippen molar-refractivity contribution in [3.63, 3.8) is 0 Å². The molecule has 0 saturated carbocycles. The van der Waals surface area contributed by atoms with Gasteiger partial charge < -0.3 is 15.0 Å². The minimum Gasteiger partial charge on any atom is -0.481 e. The summed E-state index contributed by atoms with van der Waals surface area (Å²) in [6.07, 6.45) is 1.70. The van der Waals surface area contributed by atoms with Gasteiger partial charge in [-0.05, 0) is 20.0 Å². The molecule has 17 heavy (non-hydrogen) atoms. The van der Waals surface area contributed by atoms with Crippen LogP contribution in [0.4, 0.5) is 5.95 Å². The average molecular weight is 238 g/mol. The van der Waals surface area contributed by atoms with Crippen molar-refractivity contribution >= 4 is 5.95 Å². The molecule has 0 fully saturated rings. The lowest BCUT2D eigenvalue weighted by atomic mass is 10.0. The van der Waals surface area contributed by atoms with Gasteiger partial charge in [0.05, 0.1) is 7.11 Å². The van der Waals surface area contributed by atoms with Crippen LogP contribution in [0.15, 0.2) is 12.3 Å². The first-order chi connectivity index (χ1) is 8.02. The van der Waals surface area contributed by atoms with Gasteiger partial charge in [-0.15, -0.1) is 0 Å². The monoisotopic (exact) mass is 238 g/mol. The maximum atomic E-state index is 5.08. The summed E-state index contributed by atoms with van der Waals surface area (Å²) in [5.74, 6) is 1.70. The molecule has 1 atom stereocenters. The van der Waals surface area contributed by atoms with E-state index < -0.39 is 0 Å². The molecule has 0 aliphatic heterocycles. The van der Waals surface area contributed by atoms with E-state index >= 15 is 0 Å². The Balaban J connectivity index is 2.71. The zero-order valence-electron chi connectivity index (χ0n) is 11.3. The number of hydrogen-bond acceptors (Lipinski definition) is 5. The number of anilines is 1. The number of methoxy groups -OCH3 is 1. The Labute approximate surface area is 103 Å². The van der Waals surface area contributed by atoms with Crippen LogP contribution in [0, 0.1) is 5.92 Å². The van der Waals surface area contributed by atoms with Crippen molar-refractivity contribution in [2.75, 3.05) is 33.1 Å². The highest BCUT2D eigenvalue weighted by Gasteiger charge is 2.15. The second-order valence-corrected chi connectivity index (χ2v) is 4.68. The Hall–Kier alpha value is -1.36. The summed E-state index contributed by atoms with van der Waals surface area (Å²) in [4.78, 5) is 10.6. The molecule has 0 aromatic carbocycles. The predicted molar refractivity (Wildman–Crippen MR) is 69.4 cm³/mol. The molecule has 5 heteroatoms. The van der Waals surface area contributed by atoms with E-state index in [1.54, 1.807) is 19.4 Å². The van der Waals surface area contributed by atoms with E-state index in [0.29, 0.717) is 23.8 Å². The lowest BCUT2D eigenvalue weighted by Crippen LogP contribution is -2.36. The smallest absolute Gasteiger partial charge is 0.226 e. The van der Waals surface area contributed by atoms with E-state index in [4.69, 9.17) is 4.74 Å². The van der Waals surface area contributed by atoms with Crippen molar-refractivity contribution in [3.8, 4) is 5.88 Å². The van der Waals surface area contributed by atoms with Gasteiger partial charge in [-0.3, -0.25) is 0 Å². The van der Waals surface area contributed by atoms with Crippen molar-refractivity contribution in [2.45, 2.75) is 19.9 Å². The second kappa shape index (κ2) is 6.39. The number of nitrogens with zero attached hydrogens (tertiary/aromatic N) is 3. The lowest BCUT2D eigenvalue weighted by molar-refractivity contribution is 0.343. The number of aromatic nitrogens is 2. The third-order valence-electron chi connectivity index (χ3n) is 2.52. The van der Waals surface area contributed by atoms with Gasteiger partial charge in [0.1, 0.15) is 0 Å². The molecule has 1 aromatic rings. The van der Waals surface area contributed by atoms with E-state index in [0.717, 1.165) is 6.54 Å². The molecule has 0 saturated heterocycles. The van der Waals surface area contributed by atoms with Gasteiger partial charge >= 0.3 is 0 Å². The lowest BCUT2D eigenvalue weighted by Gasteiger charge is -2.25. The van der Waals surface area contributed by atoms with Crippen LogP contribution in [0.1, 0.15) is 13.8 Å². The zero-order chi connectivity index (χ0) is 12.8. The summed E-state index contributed by atoms with van der Waals surface area (Å²) >= 11 is 0. The fourth-order valence-electron chi connectivity index (χ4n) is 1.51. The van der Waals surface area contributed by atoms with Gasteiger partial charge in [-0.1, -0.05) is 13.8 Å². The van der Waals surface area contributed by atoms with Crippen molar-refractivity contribution in [2.24, 2.45) is 5.92 Å². The molecule has 0 radical (unpaired) electrons. The SMILES string of the molecule is COc1ccnc(NC(CN(C)C)C(C)C)n1. The van der Waals surface area contributed by atoms with E-state index in [1.165, 1.54) is 0 Å². The summed E-state index contributed by atoms with van der Waals surface area (Å²) in [6.45, 7) is 5.31. The van der Waals surface area contributed by atoms with E-state index in [2.05, 4.69) is 48.1 Å². The summed E-state index contributed by atoms with van der Waals surface area (Å²) in [5.41, 5.74) is 0. The zero-order valence-corrected chi connectivity index (χ0v) is 11.3. The summed E-state index contributed by atoms with van der Waals surface area (Å²) in [7, 11) is 5.72.